The highest BCUT2D eigenvalue weighted by Crippen LogP contribution is 2.09. The van der Waals surface area contributed by atoms with Crippen LogP contribution in [0.1, 0.15) is 20.7 Å². The van der Waals surface area contributed by atoms with Crippen LogP contribution in [0.15, 0.2) is 24.3 Å². The van der Waals surface area contributed by atoms with Crippen molar-refractivity contribution in [3.05, 3.63) is 35.4 Å². The third kappa shape index (κ3) is 3.85. The number of rotatable bonds is 3. The van der Waals surface area contributed by atoms with E-state index in [1.165, 1.54) is 18.2 Å². The van der Waals surface area contributed by atoms with Gasteiger partial charge in [0.1, 0.15) is 0 Å². The molecule has 0 aliphatic carbocycles. The molecule has 0 bridgehead atoms. The van der Waals surface area contributed by atoms with Crippen molar-refractivity contribution in [2.45, 2.75) is 0 Å². The first-order chi connectivity index (χ1) is 7.83. The van der Waals surface area contributed by atoms with Gasteiger partial charge >= 0.3 is 22.3 Å². The maximum Gasteiger partial charge on any atom is 0.449 e. The van der Waals surface area contributed by atoms with Gasteiger partial charge in [-0.25, -0.2) is 9.59 Å². The lowest BCUT2D eigenvalue weighted by Gasteiger charge is -2.02. The molecule has 0 aliphatic rings. The molecule has 0 spiro atoms. The van der Waals surface area contributed by atoms with Gasteiger partial charge in [0.15, 0.2) is 0 Å². The van der Waals surface area contributed by atoms with Crippen LogP contribution in [-0.2, 0) is 19.3 Å². The van der Waals surface area contributed by atoms with Crippen LogP contribution in [0, 0.1) is 0 Å². The lowest BCUT2D eigenvalue weighted by atomic mass is 10.1. The molecule has 0 atom stereocenters. The van der Waals surface area contributed by atoms with E-state index in [0.29, 0.717) is 0 Å². The molecule has 0 saturated heterocycles. The average molecular weight is 260 g/mol. The van der Waals surface area contributed by atoms with Gasteiger partial charge in [0.05, 0.1) is 18.2 Å². The number of benzene rings is 1. The zero-order chi connectivity index (χ0) is 13.1. The summed E-state index contributed by atoms with van der Waals surface area (Å²) in [6, 6.07) is 5.02. The van der Waals surface area contributed by atoms with Crippen molar-refractivity contribution >= 4 is 22.3 Å². The van der Waals surface area contributed by atoms with Gasteiger partial charge in [-0.3, -0.25) is 4.55 Å². The van der Waals surface area contributed by atoms with E-state index in [0.717, 1.165) is 13.2 Å². The normalized spacial score (nSPS) is 10.7. The van der Waals surface area contributed by atoms with Crippen LogP contribution in [0.3, 0.4) is 0 Å². The molecule has 92 valence electrons. The molecule has 0 fully saturated rings. The Morgan fingerprint density at radius 2 is 1.71 bits per heavy atom. The zero-order valence-electron chi connectivity index (χ0n) is 8.61. The Morgan fingerprint density at radius 1 is 1.18 bits per heavy atom. The van der Waals surface area contributed by atoms with E-state index >= 15 is 0 Å². The maximum absolute atomic E-state index is 11.2. The molecule has 0 saturated carbocycles. The zero-order valence-corrected chi connectivity index (χ0v) is 9.43. The molecular weight excluding hydrogens is 252 g/mol. The van der Waals surface area contributed by atoms with E-state index in [1.54, 1.807) is 0 Å². The molecule has 1 aromatic carbocycles. The van der Waals surface area contributed by atoms with Crippen LogP contribution in [0.2, 0.25) is 0 Å². The van der Waals surface area contributed by atoms with E-state index in [9.17, 15) is 18.0 Å². The largest absolute Gasteiger partial charge is 0.465 e. The first-order valence-corrected chi connectivity index (χ1v) is 5.59. The maximum atomic E-state index is 11.2. The van der Waals surface area contributed by atoms with Crippen molar-refractivity contribution in [1.29, 1.82) is 0 Å². The van der Waals surface area contributed by atoms with E-state index in [4.69, 9.17) is 4.55 Å². The summed E-state index contributed by atoms with van der Waals surface area (Å²) < 4.78 is 37.1. The smallest absolute Gasteiger partial charge is 0.449 e. The quantitative estimate of drug-likeness (QED) is 0.620. The molecular formula is C9H8O7S. The second kappa shape index (κ2) is 4.93. The second-order valence-corrected chi connectivity index (χ2v) is 3.89. The van der Waals surface area contributed by atoms with E-state index in [2.05, 4.69) is 8.92 Å². The Morgan fingerprint density at radius 3 is 2.18 bits per heavy atom. The molecule has 7 nitrogen and oxygen atoms in total. The summed E-state index contributed by atoms with van der Waals surface area (Å²) in [5.41, 5.74) is -0.150. The number of carbonyl (C=O) groups excluding carboxylic acids is 2. The third-order valence-electron chi connectivity index (χ3n) is 1.70. The average Bonchev–Trinajstić information content (AvgIpc) is 2.26. The second-order valence-electron chi connectivity index (χ2n) is 2.87. The molecule has 1 aromatic rings. The Kier molecular flexibility index (Phi) is 3.81. The number of carbonyl (C=O) groups is 2. The first kappa shape index (κ1) is 13.1. The summed E-state index contributed by atoms with van der Waals surface area (Å²) >= 11 is 0. The van der Waals surface area contributed by atoms with Gasteiger partial charge < -0.3 is 8.92 Å². The van der Waals surface area contributed by atoms with Crippen molar-refractivity contribution in [3.8, 4) is 0 Å². The predicted molar refractivity (Wildman–Crippen MR) is 54.7 cm³/mol. The minimum Gasteiger partial charge on any atom is -0.465 e. The summed E-state index contributed by atoms with van der Waals surface area (Å²) in [7, 11) is -3.72. The summed E-state index contributed by atoms with van der Waals surface area (Å²) in [5.74, 6) is -1.98. The number of esters is 1. The molecule has 0 aliphatic heterocycles. The lowest BCUT2D eigenvalue weighted by Crippen LogP contribution is -2.12. The monoisotopic (exact) mass is 260 g/mol. The number of methoxy groups -OCH3 is 1. The van der Waals surface area contributed by atoms with E-state index in [1.807, 2.05) is 0 Å². The first-order valence-electron chi connectivity index (χ1n) is 4.23. The SMILES string of the molecule is COC(=O)c1cccc(C(=O)OS(=O)(=O)O)c1. The van der Waals surface area contributed by atoms with Crippen molar-refractivity contribution in [2.75, 3.05) is 7.11 Å². The van der Waals surface area contributed by atoms with Gasteiger partial charge in [-0.2, -0.15) is 8.42 Å². The molecule has 0 amide bonds. The summed E-state index contributed by atoms with van der Waals surface area (Å²) in [6.45, 7) is 0. The van der Waals surface area contributed by atoms with Gasteiger partial charge in [-0.1, -0.05) is 6.07 Å². The number of hydrogen-bond donors (Lipinski definition) is 1. The topological polar surface area (TPSA) is 107 Å². The Hall–Kier alpha value is -1.93. The van der Waals surface area contributed by atoms with Gasteiger partial charge in [0.25, 0.3) is 0 Å². The fourth-order valence-corrected chi connectivity index (χ4v) is 1.32. The Balaban J connectivity index is 3.00. The van der Waals surface area contributed by atoms with Gasteiger partial charge in [-0.05, 0) is 18.2 Å². The van der Waals surface area contributed by atoms with Crippen LogP contribution in [-0.4, -0.2) is 32.0 Å². The molecule has 8 heteroatoms. The fraction of sp³-hybridized carbons (Fsp3) is 0.111. The molecule has 1 rings (SSSR count). The van der Waals surface area contributed by atoms with Crippen molar-refractivity contribution in [2.24, 2.45) is 0 Å². The molecule has 0 heterocycles. The third-order valence-corrected chi connectivity index (χ3v) is 2.06. The van der Waals surface area contributed by atoms with E-state index < -0.39 is 22.3 Å². The van der Waals surface area contributed by atoms with Gasteiger partial charge in [0, 0.05) is 0 Å². The van der Waals surface area contributed by atoms with Crippen molar-refractivity contribution < 1.29 is 31.5 Å². The van der Waals surface area contributed by atoms with Crippen LogP contribution >= 0.6 is 0 Å². The molecule has 0 radical (unpaired) electrons. The molecule has 17 heavy (non-hydrogen) atoms. The van der Waals surface area contributed by atoms with Crippen molar-refractivity contribution in [1.82, 2.24) is 0 Å². The number of hydrogen-bond acceptors (Lipinski definition) is 6. The summed E-state index contributed by atoms with van der Waals surface area (Å²) in [6.07, 6.45) is 0. The Labute approximate surface area is 96.9 Å². The van der Waals surface area contributed by atoms with Crippen molar-refractivity contribution in [3.63, 3.8) is 0 Å². The Bertz CT molecular complexity index is 546. The molecule has 0 unspecified atom stereocenters. The minimum atomic E-state index is -4.88. The molecule has 1 N–H and O–H groups in total. The standard InChI is InChI=1S/C9H8O7S/c1-15-8(10)6-3-2-4-7(5-6)9(11)16-17(12,13)14/h2-5H,1H3,(H,12,13,14). The van der Waals surface area contributed by atoms with Gasteiger partial charge in [0.2, 0.25) is 0 Å². The highest BCUT2D eigenvalue weighted by molar-refractivity contribution is 7.81. The summed E-state index contributed by atoms with van der Waals surface area (Å²) in [5, 5.41) is 0. The number of ether oxygens (including phenoxy) is 1. The lowest BCUT2D eigenvalue weighted by molar-refractivity contribution is 0.0600. The summed E-state index contributed by atoms with van der Waals surface area (Å²) in [4.78, 5) is 22.3. The van der Waals surface area contributed by atoms with Gasteiger partial charge in [-0.15, -0.1) is 0 Å². The van der Waals surface area contributed by atoms with Crippen LogP contribution in [0.4, 0.5) is 0 Å². The van der Waals surface area contributed by atoms with Crippen LogP contribution in [0.5, 0.6) is 0 Å². The predicted octanol–water partition coefficient (Wildman–Crippen LogP) is 0.433. The van der Waals surface area contributed by atoms with E-state index in [-0.39, 0.29) is 11.1 Å². The highest BCUT2D eigenvalue weighted by Gasteiger charge is 2.17. The highest BCUT2D eigenvalue weighted by atomic mass is 32.3. The van der Waals surface area contributed by atoms with Crippen LogP contribution in [0.25, 0.3) is 0 Å². The fourth-order valence-electron chi connectivity index (χ4n) is 1.03. The molecule has 0 aromatic heterocycles. The van der Waals surface area contributed by atoms with Crippen LogP contribution < -0.4 is 0 Å². The minimum absolute atomic E-state index is 0.0530.